The van der Waals surface area contributed by atoms with Gasteiger partial charge in [-0.25, -0.2) is 4.79 Å². The number of carbonyl (C=O) groups is 1. The highest BCUT2D eigenvalue weighted by atomic mass is 16.5. The molecule has 0 amide bonds. The average Bonchev–Trinajstić information content (AvgIpc) is 2.39. The molecule has 0 fully saturated rings. The number of ether oxygens (including phenoxy) is 1. The van der Waals surface area contributed by atoms with Crippen LogP contribution < -0.4 is 10.5 Å². The van der Waals surface area contributed by atoms with Gasteiger partial charge in [-0.2, -0.15) is 0 Å². The van der Waals surface area contributed by atoms with Crippen LogP contribution in [0, 0.1) is 0 Å². The van der Waals surface area contributed by atoms with Crippen molar-refractivity contribution in [3.05, 3.63) is 23.8 Å². The molecule has 1 aromatic rings. The summed E-state index contributed by atoms with van der Waals surface area (Å²) < 4.78 is 5.56. The molecule has 3 N–H and O–H groups in total. The second-order valence-electron chi connectivity index (χ2n) is 4.67. The topological polar surface area (TPSA) is 72.5 Å². The first-order valence-electron chi connectivity index (χ1n) is 6.90. The quantitative estimate of drug-likeness (QED) is 0.527. The van der Waals surface area contributed by atoms with E-state index in [2.05, 4.69) is 6.92 Å². The highest BCUT2D eigenvalue weighted by Crippen LogP contribution is 2.22. The van der Waals surface area contributed by atoms with Gasteiger partial charge in [0.1, 0.15) is 5.75 Å². The minimum Gasteiger partial charge on any atom is -0.491 e. The van der Waals surface area contributed by atoms with Crippen LogP contribution >= 0.6 is 0 Å². The molecule has 1 aromatic carbocycles. The molecule has 0 saturated heterocycles. The van der Waals surface area contributed by atoms with E-state index >= 15 is 0 Å². The summed E-state index contributed by atoms with van der Waals surface area (Å²) in [4.78, 5) is 10.8. The largest absolute Gasteiger partial charge is 0.491 e. The molecule has 0 aromatic heterocycles. The van der Waals surface area contributed by atoms with Gasteiger partial charge in [0.25, 0.3) is 0 Å². The Balaban J connectivity index is 2.28. The number of nitrogen functional groups attached to an aromatic ring is 1. The van der Waals surface area contributed by atoms with E-state index in [1.165, 1.54) is 37.8 Å². The lowest BCUT2D eigenvalue weighted by atomic mass is 10.1. The van der Waals surface area contributed by atoms with Crippen molar-refractivity contribution in [3.8, 4) is 5.75 Å². The van der Waals surface area contributed by atoms with Gasteiger partial charge in [-0.05, 0) is 24.6 Å². The predicted octanol–water partition coefficient (Wildman–Crippen LogP) is 3.71. The van der Waals surface area contributed by atoms with Crippen LogP contribution in [0.25, 0.3) is 0 Å². The van der Waals surface area contributed by atoms with Gasteiger partial charge in [0.05, 0.1) is 17.9 Å². The minimum absolute atomic E-state index is 0.185. The van der Waals surface area contributed by atoms with Crippen molar-refractivity contribution in [1.29, 1.82) is 0 Å². The molecule has 0 unspecified atom stereocenters. The van der Waals surface area contributed by atoms with E-state index in [1.807, 2.05) is 0 Å². The van der Waals surface area contributed by atoms with E-state index in [4.69, 9.17) is 15.6 Å². The summed E-state index contributed by atoms with van der Waals surface area (Å²) in [6.45, 7) is 2.83. The van der Waals surface area contributed by atoms with Crippen LogP contribution in [0.5, 0.6) is 5.75 Å². The number of aromatic carboxylic acids is 1. The second-order valence-corrected chi connectivity index (χ2v) is 4.67. The standard InChI is InChI=1S/C15H23NO3/c1-2-3-4-5-6-7-10-19-14-9-8-12(15(17)18)11-13(14)16/h8-9,11H,2-7,10,16H2,1H3,(H,17,18). The van der Waals surface area contributed by atoms with E-state index in [0.29, 0.717) is 18.0 Å². The Hall–Kier alpha value is -1.71. The maximum absolute atomic E-state index is 10.8. The predicted molar refractivity (Wildman–Crippen MR) is 76.7 cm³/mol. The van der Waals surface area contributed by atoms with Gasteiger partial charge in [0.15, 0.2) is 0 Å². The molecule has 4 nitrogen and oxygen atoms in total. The fourth-order valence-electron chi connectivity index (χ4n) is 1.88. The fraction of sp³-hybridized carbons (Fsp3) is 0.533. The van der Waals surface area contributed by atoms with Crippen molar-refractivity contribution >= 4 is 11.7 Å². The zero-order valence-corrected chi connectivity index (χ0v) is 11.5. The van der Waals surface area contributed by atoms with Crippen molar-refractivity contribution in [1.82, 2.24) is 0 Å². The summed E-state index contributed by atoms with van der Waals surface area (Å²) in [5.74, 6) is -0.410. The molecule has 4 heteroatoms. The average molecular weight is 265 g/mol. The minimum atomic E-state index is -0.978. The van der Waals surface area contributed by atoms with Crippen LogP contribution in [0.1, 0.15) is 55.8 Å². The molecule has 0 atom stereocenters. The Bertz CT molecular complexity index is 404. The molecule has 0 aliphatic carbocycles. The van der Waals surface area contributed by atoms with Crippen LogP contribution in [0.15, 0.2) is 18.2 Å². The van der Waals surface area contributed by atoms with Gasteiger partial charge >= 0.3 is 5.97 Å². The summed E-state index contributed by atoms with van der Waals surface area (Å²) in [6.07, 6.45) is 7.24. The number of hydrogen-bond donors (Lipinski definition) is 2. The lowest BCUT2D eigenvalue weighted by Gasteiger charge is -2.09. The SMILES string of the molecule is CCCCCCCCOc1ccc(C(=O)O)cc1N. The summed E-state index contributed by atoms with van der Waals surface area (Å²) in [5, 5.41) is 8.82. The van der Waals surface area contributed by atoms with Crippen molar-refractivity contribution in [2.45, 2.75) is 45.4 Å². The van der Waals surface area contributed by atoms with E-state index in [-0.39, 0.29) is 5.56 Å². The lowest BCUT2D eigenvalue weighted by molar-refractivity contribution is 0.0697. The number of unbranched alkanes of at least 4 members (excludes halogenated alkanes) is 5. The molecule has 1 rings (SSSR count). The molecule has 0 bridgehead atoms. The van der Waals surface area contributed by atoms with Crippen molar-refractivity contribution in [2.75, 3.05) is 12.3 Å². The Morgan fingerprint density at radius 2 is 1.89 bits per heavy atom. The summed E-state index contributed by atoms with van der Waals surface area (Å²) >= 11 is 0. The molecular weight excluding hydrogens is 242 g/mol. The lowest BCUT2D eigenvalue weighted by Crippen LogP contribution is -2.03. The highest BCUT2D eigenvalue weighted by molar-refractivity contribution is 5.89. The van der Waals surface area contributed by atoms with E-state index in [1.54, 1.807) is 6.07 Å². The Morgan fingerprint density at radius 1 is 1.21 bits per heavy atom. The molecule has 0 spiro atoms. The van der Waals surface area contributed by atoms with Crippen molar-refractivity contribution in [2.24, 2.45) is 0 Å². The third-order valence-corrected chi connectivity index (χ3v) is 3.01. The normalized spacial score (nSPS) is 10.4. The first-order valence-corrected chi connectivity index (χ1v) is 6.90. The number of carboxylic acid groups (broad SMARTS) is 1. The van der Waals surface area contributed by atoms with Crippen molar-refractivity contribution < 1.29 is 14.6 Å². The summed E-state index contributed by atoms with van der Waals surface area (Å²) in [7, 11) is 0. The van der Waals surface area contributed by atoms with Gasteiger partial charge in [-0.1, -0.05) is 39.0 Å². The molecule has 0 heterocycles. The van der Waals surface area contributed by atoms with Crippen LogP contribution in [0.2, 0.25) is 0 Å². The zero-order valence-electron chi connectivity index (χ0n) is 11.5. The fourth-order valence-corrected chi connectivity index (χ4v) is 1.88. The number of benzene rings is 1. The third kappa shape index (κ3) is 5.64. The van der Waals surface area contributed by atoms with Gasteiger partial charge in [-0.15, -0.1) is 0 Å². The van der Waals surface area contributed by atoms with Crippen molar-refractivity contribution in [3.63, 3.8) is 0 Å². The highest BCUT2D eigenvalue weighted by Gasteiger charge is 2.06. The van der Waals surface area contributed by atoms with Gasteiger partial charge in [0, 0.05) is 0 Å². The summed E-state index contributed by atoms with van der Waals surface area (Å²) in [6, 6.07) is 4.56. The van der Waals surface area contributed by atoms with Gasteiger partial charge < -0.3 is 15.6 Å². The zero-order chi connectivity index (χ0) is 14.1. The number of nitrogens with two attached hydrogens (primary N) is 1. The monoisotopic (exact) mass is 265 g/mol. The van der Waals surface area contributed by atoms with Crippen LogP contribution in [0.3, 0.4) is 0 Å². The maximum Gasteiger partial charge on any atom is 0.335 e. The number of anilines is 1. The molecule has 106 valence electrons. The Morgan fingerprint density at radius 3 is 2.53 bits per heavy atom. The first kappa shape index (κ1) is 15.3. The molecule has 19 heavy (non-hydrogen) atoms. The molecule has 0 saturated carbocycles. The van der Waals surface area contributed by atoms with Crippen LogP contribution in [-0.4, -0.2) is 17.7 Å². The van der Waals surface area contributed by atoms with Gasteiger partial charge in [0.2, 0.25) is 0 Å². The van der Waals surface area contributed by atoms with E-state index < -0.39 is 5.97 Å². The molecule has 0 radical (unpaired) electrons. The van der Waals surface area contributed by atoms with Gasteiger partial charge in [-0.3, -0.25) is 0 Å². The van der Waals surface area contributed by atoms with E-state index in [0.717, 1.165) is 12.8 Å². The number of carboxylic acids is 1. The smallest absolute Gasteiger partial charge is 0.335 e. The summed E-state index contributed by atoms with van der Waals surface area (Å²) in [5.41, 5.74) is 6.32. The third-order valence-electron chi connectivity index (χ3n) is 3.01. The number of hydrogen-bond acceptors (Lipinski definition) is 3. The van der Waals surface area contributed by atoms with Crippen LogP contribution in [-0.2, 0) is 0 Å². The first-order chi connectivity index (χ1) is 9.15. The molecular formula is C15H23NO3. The number of rotatable bonds is 9. The molecule has 0 aliphatic rings. The van der Waals surface area contributed by atoms with E-state index in [9.17, 15) is 4.79 Å². The Labute approximate surface area is 114 Å². The molecule has 0 aliphatic heterocycles. The Kier molecular flexibility index (Phi) is 6.79. The maximum atomic E-state index is 10.8. The second kappa shape index (κ2) is 8.40. The van der Waals surface area contributed by atoms with Crippen LogP contribution in [0.4, 0.5) is 5.69 Å².